The summed E-state index contributed by atoms with van der Waals surface area (Å²) >= 11 is 0. The average Bonchev–Trinajstić information content (AvgIpc) is 2.43. The van der Waals surface area contributed by atoms with Gasteiger partial charge in [-0.1, -0.05) is 24.3 Å². The van der Waals surface area contributed by atoms with Crippen LogP contribution < -0.4 is 0 Å². The molecule has 1 aromatic rings. The molecular weight excluding hydrogens is 236 g/mol. The maximum absolute atomic E-state index is 10.9. The van der Waals surface area contributed by atoms with Gasteiger partial charge in [-0.2, -0.15) is 0 Å². The van der Waals surface area contributed by atoms with Gasteiger partial charge in [-0.25, -0.2) is 4.79 Å². The summed E-state index contributed by atoms with van der Waals surface area (Å²) in [5.74, 6) is -0.449. The molecule has 0 fully saturated rings. The molecule has 0 aliphatic rings. The Bertz CT molecular complexity index is 410. The largest absolute Gasteiger partial charge is 0.466 e. The number of hydrogen-bond donors (Lipinski definition) is 3. The molecule has 0 aliphatic carbocycles. The molecule has 18 heavy (non-hydrogen) atoms. The number of rotatable bonds is 5. The van der Waals surface area contributed by atoms with Gasteiger partial charge in [-0.05, 0) is 17.2 Å². The van der Waals surface area contributed by atoms with E-state index in [0.717, 1.165) is 5.56 Å². The molecular formula is C13H16O5. The summed E-state index contributed by atoms with van der Waals surface area (Å²) in [4.78, 5) is 10.9. The van der Waals surface area contributed by atoms with E-state index in [9.17, 15) is 15.0 Å². The lowest BCUT2D eigenvalue weighted by Crippen LogP contribution is -2.21. The molecule has 0 amide bonds. The molecule has 98 valence electrons. The highest BCUT2D eigenvalue weighted by Crippen LogP contribution is 2.17. The Morgan fingerprint density at radius 1 is 1.33 bits per heavy atom. The van der Waals surface area contributed by atoms with Crippen molar-refractivity contribution >= 4 is 12.0 Å². The lowest BCUT2D eigenvalue weighted by Gasteiger charge is -2.15. The minimum atomic E-state index is -1.21. The number of aliphatic hydroxyl groups is 3. The number of carbonyl (C=O) groups is 1. The van der Waals surface area contributed by atoms with E-state index in [1.165, 1.54) is 13.2 Å². The van der Waals surface area contributed by atoms with Crippen LogP contribution >= 0.6 is 0 Å². The van der Waals surface area contributed by atoms with E-state index in [2.05, 4.69) is 4.74 Å². The van der Waals surface area contributed by atoms with Crippen molar-refractivity contribution in [3.05, 3.63) is 41.5 Å². The fourth-order valence-electron chi connectivity index (χ4n) is 1.36. The van der Waals surface area contributed by atoms with Crippen molar-refractivity contribution in [3.8, 4) is 0 Å². The Kier molecular flexibility index (Phi) is 5.51. The predicted octanol–water partition coefficient (Wildman–Crippen LogP) is 0.259. The molecule has 3 N–H and O–H groups in total. The molecule has 2 unspecified atom stereocenters. The van der Waals surface area contributed by atoms with Crippen LogP contribution in [0.5, 0.6) is 0 Å². The number of ether oxygens (including phenoxy) is 1. The molecule has 1 aromatic carbocycles. The van der Waals surface area contributed by atoms with Gasteiger partial charge in [0.1, 0.15) is 12.2 Å². The van der Waals surface area contributed by atoms with E-state index in [1.54, 1.807) is 30.3 Å². The molecule has 1 rings (SSSR count). The Morgan fingerprint density at radius 3 is 2.44 bits per heavy atom. The molecule has 2 atom stereocenters. The van der Waals surface area contributed by atoms with Crippen LogP contribution in [0.4, 0.5) is 0 Å². The maximum Gasteiger partial charge on any atom is 0.330 e. The van der Waals surface area contributed by atoms with Gasteiger partial charge in [-0.15, -0.1) is 0 Å². The summed E-state index contributed by atoms with van der Waals surface area (Å²) in [5, 5.41) is 27.6. The second kappa shape index (κ2) is 6.90. The minimum Gasteiger partial charge on any atom is -0.466 e. The third kappa shape index (κ3) is 3.96. The third-order valence-corrected chi connectivity index (χ3v) is 2.44. The topological polar surface area (TPSA) is 87.0 Å². The Morgan fingerprint density at radius 2 is 1.94 bits per heavy atom. The first-order valence-corrected chi connectivity index (χ1v) is 5.41. The number of aliphatic hydroxyl groups excluding tert-OH is 3. The van der Waals surface area contributed by atoms with Crippen molar-refractivity contribution in [2.24, 2.45) is 0 Å². The SMILES string of the molecule is COC(=O)/C=C/c1ccc(C(O)C(O)CO)cc1. The van der Waals surface area contributed by atoms with Gasteiger partial charge in [0.15, 0.2) is 0 Å². The zero-order valence-corrected chi connectivity index (χ0v) is 9.98. The zero-order valence-electron chi connectivity index (χ0n) is 9.98. The van der Waals surface area contributed by atoms with Crippen LogP contribution in [-0.4, -0.2) is 41.1 Å². The Hall–Kier alpha value is -1.69. The molecule has 0 radical (unpaired) electrons. The summed E-state index contributed by atoms with van der Waals surface area (Å²) in [6.07, 6.45) is 0.522. The predicted molar refractivity (Wildman–Crippen MR) is 65.5 cm³/mol. The van der Waals surface area contributed by atoms with Gasteiger partial charge in [0.05, 0.1) is 13.7 Å². The number of methoxy groups -OCH3 is 1. The van der Waals surface area contributed by atoms with Crippen molar-refractivity contribution in [3.63, 3.8) is 0 Å². The monoisotopic (exact) mass is 252 g/mol. The van der Waals surface area contributed by atoms with E-state index < -0.39 is 24.8 Å². The van der Waals surface area contributed by atoms with E-state index in [1.807, 2.05) is 0 Å². The quantitative estimate of drug-likeness (QED) is 0.517. The minimum absolute atomic E-state index is 0.449. The molecule has 0 aromatic heterocycles. The normalized spacial score (nSPS) is 14.4. The van der Waals surface area contributed by atoms with E-state index in [0.29, 0.717) is 5.56 Å². The fourth-order valence-corrected chi connectivity index (χ4v) is 1.36. The van der Waals surface area contributed by atoms with Crippen LogP contribution in [0, 0.1) is 0 Å². The highest BCUT2D eigenvalue weighted by Gasteiger charge is 2.16. The molecule has 0 aliphatic heterocycles. The molecule has 0 bridgehead atoms. The van der Waals surface area contributed by atoms with Gasteiger partial charge in [0.2, 0.25) is 0 Å². The van der Waals surface area contributed by atoms with Crippen molar-refractivity contribution in [1.29, 1.82) is 0 Å². The lowest BCUT2D eigenvalue weighted by atomic mass is 10.0. The van der Waals surface area contributed by atoms with E-state index in [4.69, 9.17) is 5.11 Å². The molecule has 0 saturated carbocycles. The molecule has 0 heterocycles. The van der Waals surface area contributed by atoms with Crippen LogP contribution in [0.15, 0.2) is 30.3 Å². The van der Waals surface area contributed by atoms with Gasteiger partial charge in [0.25, 0.3) is 0 Å². The first-order chi connectivity index (χ1) is 8.58. The summed E-state index contributed by atoms with van der Waals surface area (Å²) in [5.41, 5.74) is 1.25. The Labute approximate surface area is 105 Å². The average molecular weight is 252 g/mol. The van der Waals surface area contributed by atoms with Gasteiger partial charge in [0, 0.05) is 6.08 Å². The van der Waals surface area contributed by atoms with Crippen LogP contribution in [0.2, 0.25) is 0 Å². The highest BCUT2D eigenvalue weighted by atomic mass is 16.5. The first kappa shape index (κ1) is 14.4. The lowest BCUT2D eigenvalue weighted by molar-refractivity contribution is -0.134. The van der Waals surface area contributed by atoms with Crippen LogP contribution in [0.3, 0.4) is 0 Å². The van der Waals surface area contributed by atoms with Crippen molar-refractivity contribution in [2.75, 3.05) is 13.7 Å². The number of carbonyl (C=O) groups excluding carboxylic acids is 1. The third-order valence-electron chi connectivity index (χ3n) is 2.44. The number of esters is 1. The summed E-state index contributed by atoms with van der Waals surface area (Å²) < 4.78 is 4.45. The second-order valence-corrected chi connectivity index (χ2v) is 3.72. The first-order valence-electron chi connectivity index (χ1n) is 5.41. The van der Waals surface area contributed by atoms with Gasteiger partial charge in [-0.3, -0.25) is 0 Å². The van der Waals surface area contributed by atoms with Crippen LogP contribution in [-0.2, 0) is 9.53 Å². The van der Waals surface area contributed by atoms with Crippen molar-refractivity contribution < 1.29 is 24.9 Å². The van der Waals surface area contributed by atoms with E-state index >= 15 is 0 Å². The van der Waals surface area contributed by atoms with Crippen LogP contribution in [0.1, 0.15) is 17.2 Å². The van der Waals surface area contributed by atoms with Crippen LogP contribution in [0.25, 0.3) is 6.08 Å². The summed E-state index contributed by atoms with van der Waals surface area (Å²) in [7, 11) is 1.29. The Balaban J connectivity index is 2.74. The molecule has 5 heteroatoms. The fraction of sp³-hybridized carbons (Fsp3) is 0.308. The van der Waals surface area contributed by atoms with Gasteiger partial charge >= 0.3 is 5.97 Å². The maximum atomic E-state index is 10.9. The summed E-state index contributed by atoms with van der Waals surface area (Å²) in [6.45, 7) is -0.509. The second-order valence-electron chi connectivity index (χ2n) is 3.72. The van der Waals surface area contributed by atoms with Crippen molar-refractivity contribution in [2.45, 2.75) is 12.2 Å². The smallest absolute Gasteiger partial charge is 0.330 e. The number of hydrogen-bond acceptors (Lipinski definition) is 5. The zero-order chi connectivity index (χ0) is 13.5. The molecule has 0 spiro atoms. The van der Waals surface area contributed by atoms with E-state index in [-0.39, 0.29) is 0 Å². The molecule has 0 saturated heterocycles. The summed E-state index contributed by atoms with van der Waals surface area (Å²) in [6, 6.07) is 6.59. The molecule has 5 nitrogen and oxygen atoms in total. The van der Waals surface area contributed by atoms with Gasteiger partial charge < -0.3 is 20.1 Å². The number of benzene rings is 1. The highest BCUT2D eigenvalue weighted by molar-refractivity contribution is 5.86. The standard InChI is InChI=1S/C13H16O5/c1-18-12(16)7-4-9-2-5-10(6-3-9)13(17)11(15)8-14/h2-7,11,13-15,17H,8H2,1H3/b7-4+. The van der Waals surface area contributed by atoms with Crippen molar-refractivity contribution in [1.82, 2.24) is 0 Å².